The molecular formula is C21H25FN6O2. The summed E-state index contributed by atoms with van der Waals surface area (Å²) >= 11 is 0. The molecule has 1 atom stereocenters. The second kappa shape index (κ2) is 7.91. The predicted octanol–water partition coefficient (Wildman–Crippen LogP) is 3.11. The normalized spacial score (nSPS) is 15.1. The Bertz CT molecular complexity index is 1060. The van der Waals surface area contributed by atoms with Gasteiger partial charge in [0.2, 0.25) is 0 Å². The van der Waals surface area contributed by atoms with Crippen molar-refractivity contribution in [2.45, 2.75) is 44.5 Å². The van der Waals surface area contributed by atoms with Gasteiger partial charge in [-0.2, -0.15) is 0 Å². The van der Waals surface area contributed by atoms with Crippen LogP contribution in [0.5, 0.6) is 0 Å². The van der Waals surface area contributed by atoms with E-state index in [2.05, 4.69) is 30.9 Å². The van der Waals surface area contributed by atoms with Crippen LogP contribution in [0.3, 0.4) is 0 Å². The van der Waals surface area contributed by atoms with Gasteiger partial charge in [-0.25, -0.2) is 14.4 Å². The van der Waals surface area contributed by atoms with E-state index in [0.717, 1.165) is 29.6 Å². The van der Waals surface area contributed by atoms with Crippen molar-refractivity contribution in [3.8, 4) is 0 Å². The molecule has 1 aliphatic carbocycles. The van der Waals surface area contributed by atoms with Crippen molar-refractivity contribution in [3.63, 3.8) is 0 Å². The first-order valence-corrected chi connectivity index (χ1v) is 9.91. The number of halogens is 1. The van der Waals surface area contributed by atoms with E-state index in [1.807, 2.05) is 18.3 Å². The number of nitrogens with one attached hydrogen (secondary N) is 4. The molecule has 4 rings (SSSR count). The first-order valence-electron chi connectivity index (χ1n) is 9.91. The molecule has 0 saturated heterocycles. The Morgan fingerprint density at radius 3 is 2.87 bits per heavy atom. The van der Waals surface area contributed by atoms with E-state index in [4.69, 9.17) is 0 Å². The predicted molar refractivity (Wildman–Crippen MR) is 114 cm³/mol. The van der Waals surface area contributed by atoms with Crippen LogP contribution in [0.4, 0.5) is 21.6 Å². The fourth-order valence-electron chi connectivity index (χ4n) is 2.96. The third-order valence-electron chi connectivity index (χ3n) is 4.97. The van der Waals surface area contributed by atoms with Crippen LogP contribution >= 0.6 is 0 Å². The molecule has 3 aromatic heterocycles. The minimum Gasteiger partial charge on any atom is -0.387 e. The van der Waals surface area contributed by atoms with Crippen molar-refractivity contribution < 1.29 is 14.3 Å². The van der Waals surface area contributed by atoms with E-state index in [1.54, 1.807) is 12.3 Å². The topological polar surface area (TPSA) is 115 Å². The lowest BCUT2D eigenvalue weighted by atomic mass is 10.0. The summed E-state index contributed by atoms with van der Waals surface area (Å²) in [5, 5.41) is 19.8. The van der Waals surface area contributed by atoms with Crippen LogP contribution < -0.4 is 16.0 Å². The third kappa shape index (κ3) is 4.68. The summed E-state index contributed by atoms with van der Waals surface area (Å²) in [5.41, 5.74) is 1.00. The third-order valence-corrected chi connectivity index (χ3v) is 4.97. The van der Waals surface area contributed by atoms with E-state index >= 15 is 0 Å². The fourth-order valence-corrected chi connectivity index (χ4v) is 2.96. The number of carbonyl (C=O) groups excluding carboxylic acids is 1. The monoisotopic (exact) mass is 412 g/mol. The average Bonchev–Trinajstić information content (AvgIpc) is 3.38. The smallest absolute Gasteiger partial charge is 0.255 e. The quantitative estimate of drug-likeness (QED) is 0.388. The molecule has 5 N–H and O–H groups in total. The van der Waals surface area contributed by atoms with Crippen molar-refractivity contribution >= 4 is 34.1 Å². The number of carbonyl (C=O) groups is 1. The number of fused-ring (bicyclic) bond motifs is 1. The molecule has 0 aliphatic heterocycles. The standard InChI is InChI=1S/C21H25FN6O2/c1-21(2,30)17(22)11-26-20(29)15-10-24-18(8-16(15)27-13-3-4-13)28-14-7-12-5-6-23-19(12)25-9-14/h5-10,13,17,30H,3-4,11H2,1-2H3,(H,23,25)(H,26,29)(H2,24,27,28)/t17-/m1/s1. The number of aliphatic hydroxyl groups is 1. The largest absolute Gasteiger partial charge is 0.387 e. The van der Waals surface area contributed by atoms with Gasteiger partial charge in [-0.1, -0.05) is 0 Å². The Balaban J connectivity index is 1.51. The van der Waals surface area contributed by atoms with Crippen molar-refractivity contribution in [1.29, 1.82) is 0 Å². The van der Waals surface area contributed by atoms with Gasteiger partial charge in [-0.05, 0) is 38.8 Å². The first kappa shape index (κ1) is 20.1. The first-order chi connectivity index (χ1) is 14.3. The number of nitrogens with zero attached hydrogens (tertiary/aromatic N) is 2. The number of hydrogen-bond acceptors (Lipinski definition) is 6. The van der Waals surface area contributed by atoms with Crippen LogP contribution in [0.2, 0.25) is 0 Å². The number of rotatable bonds is 8. The zero-order chi connectivity index (χ0) is 21.3. The zero-order valence-corrected chi connectivity index (χ0v) is 16.9. The maximum absolute atomic E-state index is 14.0. The highest BCUT2D eigenvalue weighted by atomic mass is 19.1. The molecule has 9 heteroatoms. The summed E-state index contributed by atoms with van der Waals surface area (Å²) in [5.74, 6) is 0.116. The highest BCUT2D eigenvalue weighted by Crippen LogP contribution is 2.29. The van der Waals surface area contributed by atoms with Crippen LogP contribution in [0.15, 0.2) is 36.8 Å². The van der Waals surface area contributed by atoms with Crippen molar-refractivity contribution in [1.82, 2.24) is 20.3 Å². The molecule has 1 aliphatic rings. The van der Waals surface area contributed by atoms with Crippen LogP contribution in [-0.2, 0) is 0 Å². The Morgan fingerprint density at radius 1 is 1.33 bits per heavy atom. The summed E-state index contributed by atoms with van der Waals surface area (Å²) in [6, 6.07) is 5.96. The number of H-pyrrole nitrogens is 1. The molecule has 1 fully saturated rings. The number of aromatic amines is 1. The lowest BCUT2D eigenvalue weighted by Crippen LogP contribution is -2.42. The van der Waals surface area contributed by atoms with Crippen LogP contribution in [0.25, 0.3) is 11.0 Å². The van der Waals surface area contributed by atoms with E-state index in [1.165, 1.54) is 20.0 Å². The van der Waals surface area contributed by atoms with Crippen molar-refractivity contribution in [2.24, 2.45) is 0 Å². The van der Waals surface area contributed by atoms with Crippen LogP contribution in [0.1, 0.15) is 37.0 Å². The summed E-state index contributed by atoms with van der Waals surface area (Å²) in [6.07, 6.45) is 5.47. The van der Waals surface area contributed by atoms with Crippen molar-refractivity contribution in [3.05, 3.63) is 42.4 Å². The number of anilines is 3. The zero-order valence-electron chi connectivity index (χ0n) is 16.9. The molecule has 0 aromatic carbocycles. The number of pyridine rings is 2. The summed E-state index contributed by atoms with van der Waals surface area (Å²) in [4.78, 5) is 24.3. The molecule has 0 bridgehead atoms. The van der Waals surface area contributed by atoms with Gasteiger partial charge in [0.15, 0.2) is 0 Å². The molecular weight excluding hydrogens is 387 g/mol. The molecule has 30 heavy (non-hydrogen) atoms. The lowest BCUT2D eigenvalue weighted by molar-refractivity contribution is -0.00177. The van der Waals surface area contributed by atoms with Gasteiger partial charge in [-0.15, -0.1) is 0 Å². The van der Waals surface area contributed by atoms with Crippen molar-refractivity contribution in [2.75, 3.05) is 17.2 Å². The van der Waals surface area contributed by atoms with E-state index in [-0.39, 0.29) is 6.54 Å². The molecule has 3 heterocycles. The van der Waals surface area contributed by atoms with Gasteiger partial charge in [-0.3, -0.25) is 4.79 Å². The molecule has 1 saturated carbocycles. The van der Waals surface area contributed by atoms with E-state index in [0.29, 0.717) is 23.1 Å². The second-order valence-electron chi connectivity index (χ2n) is 8.13. The maximum Gasteiger partial charge on any atom is 0.255 e. The Kier molecular flexibility index (Phi) is 5.29. The van der Waals surface area contributed by atoms with Gasteiger partial charge in [0.1, 0.15) is 17.6 Å². The van der Waals surface area contributed by atoms with Gasteiger partial charge < -0.3 is 26.0 Å². The summed E-state index contributed by atoms with van der Waals surface area (Å²) in [7, 11) is 0. The maximum atomic E-state index is 14.0. The fraction of sp³-hybridized carbons (Fsp3) is 0.381. The van der Waals surface area contributed by atoms with Crippen LogP contribution in [0, 0.1) is 0 Å². The van der Waals surface area contributed by atoms with E-state index in [9.17, 15) is 14.3 Å². The molecule has 0 radical (unpaired) electrons. The number of alkyl halides is 1. The lowest BCUT2D eigenvalue weighted by Gasteiger charge is -2.22. The second-order valence-corrected chi connectivity index (χ2v) is 8.13. The Morgan fingerprint density at radius 2 is 2.13 bits per heavy atom. The molecule has 3 aromatic rings. The van der Waals surface area contributed by atoms with E-state index < -0.39 is 17.7 Å². The SMILES string of the molecule is CC(C)(O)[C@H](F)CNC(=O)c1cnc(Nc2cnc3[nH]ccc3c2)cc1NC1CC1. The van der Waals surface area contributed by atoms with Gasteiger partial charge in [0, 0.05) is 29.9 Å². The molecule has 158 valence electrons. The summed E-state index contributed by atoms with van der Waals surface area (Å²) in [6.45, 7) is 2.45. The number of amides is 1. The molecule has 1 amide bonds. The average molecular weight is 412 g/mol. The number of aromatic nitrogens is 3. The Hall–Kier alpha value is -3.20. The summed E-state index contributed by atoms with van der Waals surface area (Å²) < 4.78 is 14.0. The van der Waals surface area contributed by atoms with Gasteiger partial charge >= 0.3 is 0 Å². The van der Waals surface area contributed by atoms with Crippen LogP contribution in [-0.4, -0.2) is 50.3 Å². The highest BCUT2D eigenvalue weighted by Gasteiger charge is 2.28. The highest BCUT2D eigenvalue weighted by molar-refractivity contribution is 6.00. The Labute approximate surface area is 173 Å². The van der Waals surface area contributed by atoms with Gasteiger partial charge in [0.05, 0.1) is 35.3 Å². The minimum atomic E-state index is -1.58. The minimum absolute atomic E-state index is 0.284. The van der Waals surface area contributed by atoms with Gasteiger partial charge in [0.25, 0.3) is 5.91 Å². The molecule has 0 spiro atoms. The number of hydrogen-bond donors (Lipinski definition) is 5. The molecule has 8 nitrogen and oxygen atoms in total. The molecule has 0 unspecified atom stereocenters.